The van der Waals surface area contributed by atoms with Crippen molar-refractivity contribution in [2.75, 3.05) is 12.8 Å². The topological polar surface area (TPSA) is 44.5 Å². The van der Waals surface area contributed by atoms with E-state index < -0.39 is 0 Å². The minimum absolute atomic E-state index is 0.705. The Morgan fingerprint density at radius 3 is 2.28 bits per heavy atom. The maximum atomic E-state index is 5.86. The van der Waals surface area contributed by atoms with E-state index in [1.807, 2.05) is 50.2 Å². The van der Waals surface area contributed by atoms with Gasteiger partial charge in [-0.25, -0.2) is 0 Å². The van der Waals surface area contributed by atoms with E-state index in [1.54, 1.807) is 7.11 Å². The summed E-state index contributed by atoms with van der Waals surface area (Å²) < 4.78 is 11.2. The van der Waals surface area contributed by atoms with Gasteiger partial charge in [-0.15, -0.1) is 0 Å². The Hall–Kier alpha value is -2.16. The average Bonchev–Trinajstić information content (AvgIpc) is 2.34. The molecule has 0 saturated heterocycles. The van der Waals surface area contributed by atoms with Crippen molar-refractivity contribution >= 4 is 5.69 Å². The molecule has 0 aromatic heterocycles. The Morgan fingerprint density at radius 2 is 1.61 bits per heavy atom. The monoisotopic (exact) mass is 243 g/mol. The van der Waals surface area contributed by atoms with Crippen LogP contribution in [0.2, 0.25) is 0 Å². The zero-order valence-corrected chi connectivity index (χ0v) is 10.9. The fourth-order valence-electron chi connectivity index (χ4n) is 1.76. The quantitative estimate of drug-likeness (QED) is 0.836. The molecule has 3 nitrogen and oxygen atoms in total. The van der Waals surface area contributed by atoms with Gasteiger partial charge >= 0.3 is 0 Å². The molecule has 94 valence electrons. The first-order valence-corrected chi connectivity index (χ1v) is 5.79. The van der Waals surface area contributed by atoms with Gasteiger partial charge in [0, 0.05) is 5.69 Å². The molecule has 0 spiro atoms. The number of aryl methyl sites for hydroxylation is 2. The number of rotatable bonds is 3. The van der Waals surface area contributed by atoms with Crippen molar-refractivity contribution in [3.63, 3.8) is 0 Å². The maximum absolute atomic E-state index is 5.86. The van der Waals surface area contributed by atoms with Crippen molar-refractivity contribution in [2.45, 2.75) is 13.8 Å². The highest BCUT2D eigenvalue weighted by Gasteiger charge is 2.07. The molecule has 0 unspecified atom stereocenters. The van der Waals surface area contributed by atoms with Gasteiger partial charge in [0.2, 0.25) is 0 Å². The molecule has 0 saturated carbocycles. The van der Waals surface area contributed by atoms with E-state index in [0.29, 0.717) is 5.75 Å². The molecular weight excluding hydrogens is 226 g/mol. The Bertz CT molecular complexity index is 564. The second kappa shape index (κ2) is 5.00. The summed E-state index contributed by atoms with van der Waals surface area (Å²) in [7, 11) is 1.64. The normalized spacial score (nSPS) is 10.2. The number of benzene rings is 2. The lowest BCUT2D eigenvalue weighted by atomic mass is 10.2. The highest BCUT2D eigenvalue weighted by atomic mass is 16.5. The van der Waals surface area contributed by atoms with Gasteiger partial charge in [0.1, 0.15) is 5.75 Å². The summed E-state index contributed by atoms with van der Waals surface area (Å²) in [4.78, 5) is 0. The molecule has 0 aliphatic rings. The molecule has 0 fully saturated rings. The van der Waals surface area contributed by atoms with E-state index in [1.165, 1.54) is 0 Å². The van der Waals surface area contributed by atoms with Crippen LogP contribution < -0.4 is 15.2 Å². The van der Waals surface area contributed by atoms with Crippen LogP contribution in [0.4, 0.5) is 5.69 Å². The van der Waals surface area contributed by atoms with Gasteiger partial charge in [-0.3, -0.25) is 0 Å². The van der Waals surface area contributed by atoms with E-state index >= 15 is 0 Å². The van der Waals surface area contributed by atoms with E-state index in [0.717, 1.165) is 28.3 Å². The molecule has 0 heterocycles. The number of anilines is 1. The van der Waals surface area contributed by atoms with Crippen LogP contribution in [-0.4, -0.2) is 7.11 Å². The first-order valence-electron chi connectivity index (χ1n) is 5.79. The predicted octanol–water partition coefficient (Wildman–Crippen LogP) is 3.69. The number of hydrogen-bond donors (Lipinski definition) is 1. The van der Waals surface area contributed by atoms with Crippen LogP contribution in [0.15, 0.2) is 36.4 Å². The van der Waals surface area contributed by atoms with E-state index in [-0.39, 0.29) is 0 Å². The van der Waals surface area contributed by atoms with Crippen molar-refractivity contribution in [1.82, 2.24) is 0 Å². The van der Waals surface area contributed by atoms with Crippen molar-refractivity contribution in [2.24, 2.45) is 0 Å². The van der Waals surface area contributed by atoms with Gasteiger partial charge in [0.05, 0.1) is 7.11 Å². The van der Waals surface area contributed by atoms with Gasteiger partial charge in [0.15, 0.2) is 11.5 Å². The van der Waals surface area contributed by atoms with Crippen LogP contribution in [0.25, 0.3) is 0 Å². The number of hydrogen-bond acceptors (Lipinski definition) is 3. The van der Waals surface area contributed by atoms with Gasteiger partial charge in [-0.05, 0) is 55.3 Å². The Labute approximate surface area is 107 Å². The summed E-state index contributed by atoms with van der Waals surface area (Å²) in [5, 5.41) is 0. The first kappa shape index (κ1) is 12.3. The minimum Gasteiger partial charge on any atom is -0.493 e. The van der Waals surface area contributed by atoms with Crippen LogP contribution in [-0.2, 0) is 0 Å². The molecule has 2 N–H and O–H groups in total. The smallest absolute Gasteiger partial charge is 0.169 e. The van der Waals surface area contributed by atoms with Crippen molar-refractivity contribution < 1.29 is 9.47 Å². The number of methoxy groups -OCH3 is 1. The SMILES string of the molecule is COc1cc(C)ccc1Oc1ccc(N)cc1C. The second-order valence-corrected chi connectivity index (χ2v) is 4.28. The molecule has 0 radical (unpaired) electrons. The van der Waals surface area contributed by atoms with E-state index in [4.69, 9.17) is 15.2 Å². The van der Waals surface area contributed by atoms with Crippen LogP contribution >= 0.6 is 0 Å². The van der Waals surface area contributed by atoms with E-state index in [9.17, 15) is 0 Å². The highest BCUT2D eigenvalue weighted by Crippen LogP contribution is 2.33. The van der Waals surface area contributed by atoms with Gasteiger partial charge in [0.25, 0.3) is 0 Å². The van der Waals surface area contributed by atoms with Gasteiger partial charge in [-0.1, -0.05) is 6.07 Å². The fourth-order valence-corrected chi connectivity index (χ4v) is 1.76. The standard InChI is InChI=1S/C15H17NO2/c1-10-4-6-14(15(8-10)17-3)18-13-7-5-12(16)9-11(13)2/h4-9H,16H2,1-3H3. The predicted molar refractivity (Wildman–Crippen MR) is 73.4 cm³/mol. The lowest BCUT2D eigenvalue weighted by Crippen LogP contribution is -1.93. The summed E-state index contributed by atoms with van der Waals surface area (Å²) in [6.45, 7) is 3.98. The number of nitrogens with two attached hydrogens (primary N) is 1. The fraction of sp³-hybridized carbons (Fsp3) is 0.200. The van der Waals surface area contributed by atoms with Gasteiger partial charge in [-0.2, -0.15) is 0 Å². The highest BCUT2D eigenvalue weighted by molar-refractivity contribution is 5.50. The maximum Gasteiger partial charge on any atom is 0.169 e. The van der Waals surface area contributed by atoms with Crippen LogP contribution in [0.3, 0.4) is 0 Å². The van der Waals surface area contributed by atoms with Crippen LogP contribution in [0.1, 0.15) is 11.1 Å². The van der Waals surface area contributed by atoms with E-state index in [2.05, 4.69) is 0 Å². The molecule has 0 atom stereocenters. The van der Waals surface area contributed by atoms with Crippen molar-refractivity contribution in [1.29, 1.82) is 0 Å². The zero-order chi connectivity index (χ0) is 13.1. The Balaban J connectivity index is 2.33. The lowest BCUT2D eigenvalue weighted by molar-refractivity contribution is 0.378. The number of nitrogen functional groups attached to an aromatic ring is 1. The minimum atomic E-state index is 0.705. The number of ether oxygens (including phenoxy) is 2. The summed E-state index contributed by atoms with van der Waals surface area (Å²) >= 11 is 0. The summed E-state index contributed by atoms with van der Waals surface area (Å²) in [5.41, 5.74) is 8.58. The van der Waals surface area contributed by atoms with Crippen molar-refractivity contribution in [3.05, 3.63) is 47.5 Å². The van der Waals surface area contributed by atoms with Crippen LogP contribution in [0.5, 0.6) is 17.2 Å². The zero-order valence-electron chi connectivity index (χ0n) is 10.9. The third-order valence-electron chi connectivity index (χ3n) is 2.74. The second-order valence-electron chi connectivity index (χ2n) is 4.28. The summed E-state index contributed by atoms with van der Waals surface area (Å²) in [5.74, 6) is 2.22. The molecule has 3 heteroatoms. The summed E-state index contributed by atoms with van der Waals surface area (Å²) in [6.07, 6.45) is 0. The molecule has 2 rings (SSSR count). The molecule has 0 aliphatic heterocycles. The van der Waals surface area contributed by atoms with Gasteiger partial charge < -0.3 is 15.2 Å². The molecule has 0 aliphatic carbocycles. The molecule has 2 aromatic carbocycles. The van der Waals surface area contributed by atoms with Crippen molar-refractivity contribution in [3.8, 4) is 17.2 Å². The average molecular weight is 243 g/mol. The molecule has 2 aromatic rings. The molecule has 0 amide bonds. The molecule has 18 heavy (non-hydrogen) atoms. The summed E-state index contributed by atoms with van der Waals surface area (Å²) in [6, 6.07) is 11.4. The third-order valence-corrected chi connectivity index (χ3v) is 2.74. The third kappa shape index (κ3) is 2.56. The van der Waals surface area contributed by atoms with Crippen LogP contribution in [0, 0.1) is 13.8 Å². The Morgan fingerprint density at radius 1 is 0.889 bits per heavy atom. The largest absolute Gasteiger partial charge is 0.493 e. The molecular formula is C15H17NO2. The first-order chi connectivity index (χ1) is 8.60. The lowest BCUT2D eigenvalue weighted by Gasteiger charge is -2.13. The molecule has 0 bridgehead atoms. The Kier molecular flexibility index (Phi) is 3.42.